The number of hydrogen-bond donors (Lipinski definition) is 1. The fourth-order valence-corrected chi connectivity index (χ4v) is 3.21. The van der Waals surface area contributed by atoms with E-state index in [1.54, 1.807) is 42.2 Å². The third kappa shape index (κ3) is 2.53. The number of anilines is 1. The lowest BCUT2D eigenvalue weighted by Gasteiger charge is -2.07. The Kier molecular flexibility index (Phi) is 3.13. The summed E-state index contributed by atoms with van der Waals surface area (Å²) in [5, 5.41) is 4.07. The molecule has 1 aromatic heterocycles. The highest BCUT2D eigenvalue weighted by molar-refractivity contribution is 7.90. The van der Waals surface area contributed by atoms with Gasteiger partial charge in [0.1, 0.15) is 0 Å². The van der Waals surface area contributed by atoms with Gasteiger partial charge in [0.25, 0.3) is 0 Å². The van der Waals surface area contributed by atoms with Gasteiger partial charge in [-0.15, -0.1) is 0 Å². The number of sulfone groups is 1. The third-order valence-corrected chi connectivity index (χ3v) is 4.31. The normalized spacial score (nSPS) is 11.7. The van der Waals surface area contributed by atoms with E-state index in [4.69, 9.17) is 5.73 Å². The van der Waals surface area contributed by atoms with Crippen LogP contribution < -0.4 is 5.73 Å². The molecule has 1 aromatic carbocycles. The first-order chi connectivity index (χ1) is 8.38. The minimum atomic E-state index is -3.45. The van der Waals surface area contributed by atoms with E-state index in [0.717, 1.165) is 5.56 Å². The summed E-state index contributed by atoms with van der Waals surface area (Å²) >= 11 is 0. The van der Waals surface area contributed by atoms with Crippen molar-refractivity contribution in [1.82, 2.24) is 9.78 Å². The molecule has 0 aliphatic carbocycles. The van der Waals surface area contributed by atoms with Crippen molar-refractivity contribution in [1.29, 1.82) is 0 Å². The first kappa shape index (κ1) is 12.6. The molecule has 5 nitrogen and oxygen atoms in total. The van der Waals surface area contributed by atoms with Gasteiger partial charge in [-0.1, -0.05) is 6.07 Å². The maximum atomic E-state index is 12.3. The summed E-state index contributed by atoms with van der Waals surface area (Å²) in [6.45, 7) is 1.83. The Hall–Kier alpha value is -1.82. The number of nitrogen functional groups attached to an aromatic ring is 1. The molecule has 0 amide bonds. The predicted molar refractivity (Wildman–Crippen MR) is 69.7 cm³/mol. The van der Waals surface area contributed by atoms with E-state index in [2.05, 4.69) is 5.10 Å². The maximum absolute atomic E-state index is 12.3. The fourth-order valence-electron chi connectivity index (χ4n) is 1.72. The zero-order valence-corrected chi connectivity index (χ0v) is 11.1. The van der Waals surface area contributed by atoms with E-state index in [0.29, 0.717) is 5.69 Å². The first-order valence-corrected chi connectivity index (χ1v) is 7.11. The molecule has 96 valence electrons. The molecule has 0 bridgehead atoms. The van der Waals surface area contributed by atoms with Gasteiger partial charge in [0, 0.05) is 13.2 Å². The van der Waals surface area contributed by atoms with Crippen molar-refractivity contribution in [2.75, 3.05) is 5.73 Å². The molecule has 6 heteroatoms. The van der Waals surface area contributed by atoms with E-state index in [9.17, 15) is 8.42 Å². The van der Waals surface area contributed by atoms with Crippen molar-refractivity contribution < 1.29 is 8.42 Å². The van der Waals surface area contributed by atoms with Crippen LogP contribution in [0.2, 0.25) is 0 Å². The van der Waals surface area contributed by atoms with Crippen LogP contribution in [-0.2, 0) is 22.6 Å². The lowest BCUT2D eigenvalue weighted by molar-refractivity contribution is 0.594. The number of hydrogen-bond acceptors (Lipinski definition) is 4. The van der Waals surface area contributed by atoms with E-state index in [-0.39, 0.29) is 16.3 Å². The summed E-state index contributed by atoms with van der Waals surface area (Å²) in [5.74, 6) is -0.137. The summed E-state index contributed by atoms with van der Waals surface area (Å²) in [7, 11) is -1.71. The monoisotopic (exact) mass is 265 g/mol. The van der Waals surface area contributed by atoms with Crippen LogP contribution in [0.1, 0.15) is 11.3 Å². The third-order valence-electron chi connectivity index (χ3n) is 2.61. The second-order valence-corrected chi connectivity index (χ2v) is 6.24. The van der Waals surface area contributed by atoms with Crippen molar-refractivity contribution in [3.05, 3.63) is 41.7 Å². The molecule has 0 saturated heterocycles. The highest BCUT2D eigenvalue weighted by Crippen LogP contribution is 2.23. The van der Waals surface area contributed by atoms with Crippen molar-refractivity contribution in [2.45, 2.75) is 17.6 Å². The molecule has 0 saturated carbocycles. The molecule has 18 heavy (non-hydrogen) atoms. The average molecular weight is 265 g/mol. The Balaban J connectivity index is 2.39. The van der Waals surface area contributed by atoms with E-state index in [1.807, 2.05) is 6.92 Å². The van der Waals surface area contributed by atoms with Gasteiger partial charge in [0.15, 0.2) is 9.84 Å². The second kappa shape index (κ2) is 4.45. The van der Waals surface area contributed by atoms with Crippen LogP contribution in [0.5, 0.6) is 0 Å². The maximum Gasteiger partial charge on any atom is 0.186 e. The van der Waals surface area contributed by atoms with Gasteiger partial charge in [-0.05, 0) is 30.7 Å². The van der Waals surface area contributed by atoms with Gasteiger partial charge in [-0.3, -0.25) is 4.68 Å². The molecule has 2 aromatic rings. The van der Waals surface area contributed by atoms with Crippen LogP contribution in [0.4, 0.5) is 5.69 Å². The molecule has 0 unspecified atom stereocenters. The summed E-state index contributed by atoms with van der Waals surface area (Å²) in [4.78, 5) is 0.174. The van der Waals surface area contributed by atoms with Crippen molar-refractivity contribution in [3.63, 3.8) is 0 Å². The number of benzene rings is 1. The van der Waals surface area contributed by atoms with Crippen LogP contribution in [0.15, 0.2) is 35.4 Å². The van der Waals surface area contributed by atoms with E-state index in [1.165, 1.54) is 0 Å². The van der Waals surface area contributed by atoms with Gasteiger partial charge in [0.05, 0.1) is 22.0 Å². The largest absolute Gasteiger partial charge is 0.398 e. The fraction of sp³-hybridized carbons (Fsp3) is 0.250. The van der Waals surface area contributed by atoms with Crippen LogP contribution in [0.25, 0.3) is 0 Å². The lowest BCUT2D eigenvalue weighted by Crippen LogP contribution is -2.09. The molecule has 0 spiro atoms. The van der Waals surface area contributed by atoms with Gasteiger partial charge >= 0.3 is 0 Å². The first-order valence-electron chi connectivity index (χ1n) is 5.46. The topological polar surface area (TPSA) is 78.0 Å². The standard InChI is InChI=1S/C12H15N3O2S/c1-9-3-4-11(13)12(7-9)18(16,17)8-10-5-6-15(2)14-10/h3-7H,8,13H2,1-2H3. The molecule has 0 aliphatic heterocycles. The Morgan fingerprint density at radius 2 is 2.06 bits per heavy atom. The molecular weight excluding hydrogens is 250 g/mol. The highest BCUT2D eigenvalue weighted by atomic mass is 32.2. The number of nitrogens with two attached hydrogens (primary N) is 1. The number of nitrogens with zero attached hydrogens (tertiary/aromatic N) is 2. The van der Waals surface area contributed by atoms with Crippen molar-refractivity contribution in [2.24, 2.45) is 7.05 Å². The minimum absolute atomic E-state index is 0.137. The zero-order chi connectivity index (χ0) is 13.3. The van der Waals surface area contributed by atoms with Crippen molar-refractivity contribution >= 4 is 15.5 Å². The Bertz CT molecular complexity index is 674. The number of aromatic nitrogens is 2. The van der Waals surface area contributed by atoms with Crippen LogP contribution in [-0.4, -0.2) is 18.2 Å². The molecule has 0 fully saturated rings. The van der Waals surface area contributed by atoms with Crippen LogP contribution >= 0.6 is 0 Å². The molecule has 0 aliphatic rings. The molecule has 2 rings (SSSR count). The summed E-state index contributed by atoms with van der Waals surface area (Å²) in [6.07, 6.45) is 1.71. The summed E-state index contributed by atoms with van der Waals surface area (Å²) in [5.41, 5.74) is 7.38. The summed E-state index contributed by atoms with van der Waals surface area (Å²) in [6, 6.07) is 6.67. The van der Waals surface area contributed by atoms with Gasteiger partial charge < -0.3 is 5.73 Å². The van der Waals surface area contributed by atoms with Gasteiger partial charge in [-0.25, -0.2) is 8.42 Å². The Labute approximate surface area is 106 Å². The van der Waals surface area contributed by atoms with E-state index < -0.39 is 9.84 Å². The van der Waals surface area contributed by atoms with Gasteiger partial charge in [0.2, 0.25) is 0 Å². The second-order valence-electron chi connectivity index (χ2n) is 4.28. The summed E-state index contributed by atoms with van der Waals surface area (Å²) < 4.78 is 26.1. The average Bonchev–Trinajstić information content (AvgIpc) is 2.66. The van der Waals surface area contributed by atoms with Gasteiger partial charge in [-0.2, -0.15) is 5.10 Å². The predicted octanol–water partition coefficient (Wildman–Crippen LogP) is 1.28. The minimum Gasteiger partial charge on any atom is -0.398 e. The quantitative estimate of drug-likeness (QED) is 0.848. The molecule has 2 N–H and O–H groups in total. The molecular formula is C12H15N3O2S. The Morgan fingerprint density at radius 1 is 1.33 bits per heavy atom. The van der Waals surface area contributed by atoms with Crippen LogP contribution in [0.3, 0.4) is 0 Å². The molecule has 0 radical (unpaired) electrons. The highest BCUT2D eigenvalue weighted by Gasteiger charge is 2.19. The smallest absolute Gasteiger partial charge is 0.186 e. The molecule has 1 heterocycles. The van der Waals surface area contributed by atoms with Crippen molar-refractivity contribution in [3.8, 4) is 0 Å². The van der Waals surface area contributed by atoms with E-state index >= 15 is 0 Å². The molecule has 0 atom stereocenters. The SMILES string of the molecule is Cc1ccc(N)c(S(=O)(=O)Cc2ccn(C)n2)c1. The number of rotatable bonds is 3. The number of aryl methyl sites for hydroxylation is 2. The lowest BCUT2D eigenvalue weighted by atomic mass is 10.2. The van der Waals surface area contributed by atoms with Crippen LogP contribution in [0, 0.1) is 6.92 Å². The zero-order valence-electron chi connectivity index (χ0n) is 10.3. The Morgan fingerprint density at radius 3 is 2.67 bits per heavy atom.